The standard InChI is InChI=1S/C15H24ClN5/c1-5-6-7-14-18-13(15(16)19-14)9-17-8-12-10(2)20-21(4)11(12)3/h17H,5-9H2,1-4H3,(H,18,19). The third kappa shape index (κ3) is 3.86. The Morgan fingerprint density at radius 2 is 2.05 bits per heavy atom. The summed E-state index contributed by atoms with van der Waals surface area (Å²) < 4.78 is 1.92. The average Bonchev–Trinajstić information content (AvgIpc) is 2.91. The highest BCUT2D eigenvalue weighted by atomic mass is 35.5. The molecule has 0 atom stereocenters. The molecular formula is C15H24ClN5. The van der Waals surface area contributed by atoms with Crippen molar-refractivity contribution < 1.29 is 0 Å². The largest absolute Gasteiger partial charge is 0.344 e. The van der Waals surface area contributed by atoms with Crippen LogP contribution in [0.1, 0.15) is 48.2 Å². The summed E-state index contributed by atoms with van der Waals surface area (Å²) in [6.07, 6.45) is 3.24. The molecule has 2 aromatic rings. The maximum Gasteiger partial charge on any atom is 0.151 e. The molecule has 6 heteroatoms. The molecule has 0 amide bonds. The fourth-order valence-corrected chi connectivity index (χ4v) is 2.62. The minimum atomic E-state index is 0.577. The molecule has 0 aliphatic carbocycles. The minimum absolute atomic E-state index is 0.577. The molecule has 21 heavy (non-hydrogen) atoms. The first-order chi connectivity index (χ1) is 10.0. The van der Waals surface area contributed by atoms with Gasteiger partial charge in [-0.25, -0.2) is 4.98 Å². The van der Waals surface area contributed by atoms with Crippen molar-refractivity contribution in [2.24, 2.45) is 7.05 Å². The molecule has 2 N–H and O–H groups in total. The lowest BCUT2D eigenvalue weighted by Gasteiger charge is -2.04. The van der Waals surface area contributed by atoms with Crippen molar-refractivity contribution in [3.63, 3.8) is 0 Å². The molecule has 0 unspecified atom stereocenters. The summed E-state index contributed by atoms with van der Waals surface area (Å²) in [5, 5.41) is 8.41. The quantitative estimate of drug-likeness (QED) is 0.826. The number of nitrogens with zero attached hydrogens (tertiary/aromatic N) is 3. The smallest absolute Gasteiger partial charge is 0.151 e. The van der Waals surface area contributed by atoms with Crippen LogP contribution in [0.3, 0.4) is 0 Å². The minimum Gasteiger partial charge on any atom is -0.344 e. The van der Waals surface area contributed by atoms with Gasteiger partial charge in [0.2, 0.25) is 0 Å². The Morgan fingerprint density at radius 3 is 2.67 bits per heavy atom. The Morgan fingerprint density at radius 1 is 1.29 bits per heavy atom. The molecule has 5 nitrogen and oxygen atoms in total. The summed E-state index contributed by atoms with van der Waals surface area (Å²) in [6, 6.07) is 0. The van der Waals surface area contributed by atoms with E-state index in [9.17, 15) is 0 Å². The fraction of sp³-hybridized carbons (Fsp3) is 0.600. The number of hydrogen-bond acceptors (Lipinski definition) is 3. The van der Waals surface area contributed by atoms with Crippen molar-refractivity contribution in [2.45, 2.75) is 53.1 Å². The van der Waals surface area contributed by atoms with Gasteiger partial charge >= 0.3 is 0 Å². The van der Waals surface area contributed by atoms with E-state index in [1.165, 1.54) is 11.3 Å². The van der Waals surface area contributed by atoms with Gasteiger partial charge in [-0.1, -0.05) is 24.9 Å². The van der Waals surface area contributed by atoms with Gasteiger partial charge in [0.25, 0.3) is 0 Å². The molecule has 0 fully saturated rings. The maximum absolute atomic E-state index is 6.17. The van der Waals surface area contributed by atoms with Crippen molar-refractivity contribution in [3.8, 4) is 0 Å². The lowest BCUT2D eigenvalue weighted by atomic mass is 10.2. The number of nitrogens with one attached hydrogen (secondary N) is 2. The number of aromatic amines is 1. The zero-order valence-electron chi connectivity index (χ0n) is 13.3. The third-order valence-electron chi connectivity index (χ3n) is 3.81. The zero-order chi connectivity index (χ0) is 15.4. The first-order valence-corrected chi connectivity index (χ1v) is 7.83. The van der Waals surface area contributed by atoms with E-state index >= 15 is 0 Å². The molecule has 0 saturated carbocycles. The third-order valence-corrected chi connectivity index (χ3v) is 4.12. The van der Waals surface area contributed by atoms with Crippen LogP contribution in [0.2, 0.25) is 5.15 Å². The van der Waals surface area contributed by atoms with E-state index in [-0.39, 0.29) is 0 Å². The second kappa shape index (κ2) is 7.09. The van der Waals surface area contributed by atoms with Crippen LogP contribution in [0.4, 0.5) is 0 Å². The van der Waals surface area contributed by atoms with Crippen molar-refractivity contribution in [1.29, 1.82) is 0 Å². The van der Waals surface area contributed by atoms with Crippen LogP contribution in [-0.2, 0) is 26.6 Å². The van der Waals surface area contributed by atoms with Gasteiger partial charge in [-0.05, 0) is 20.3 Å². The summed E-state index contributed by atoms with van der Waals surface area (Å²) in [5.74, 6) is 0.979. The summed E-state index contributed by atoms with van der Waals surface area (Å²) in [7, 11) is 1.97. The highest BCUT2D eigenvalue weighted by Gasteiger charge is 2.11. The van der Waals surface area contributed by atoms with E-state index < -0.39 is 0 Å². The van der Waals surface area contributed by atoms with E-state index in [2.05, 4.69) is 34.2 Å². The highest BCUT2D eigenvalue weighted by molar-refractivity contribution is 6.30. The topological polar surface area (TPSA) is 58.5 Å². The summed E-state index contributed by atoms with van der Waals surface area (Å²) in [4.78, 5) is 7.68. The number of rotatable bonds is 7. The van der Waals surface area contributed by atoms with E-state index in [1.807, 2.05) is 18.7 Å². The van der Waals surface area contributed by atoms with Gasteiger partial charge in [0.15, 0.2) is 5.15 Å². The summed E-state index contributed by atoms with van der Waals surface area (Å²) in [5.41, 5.74) is 4.47. The molecule has 0 saturated heterocycles. The molecule has 0 aromatic carbocycles. The van der Waals surface area contributed by atoms with Crippen molar-refractivity contribution in [1.82, 2.24) is 25.1 Å². The first kappa shape index (κ1) is 16.0. The predicted molar refractivity (Wildman–Crippen MR) is 85.4 cm³/mol. The van der Waals surface area contributed by atoms with Crippen molar-refractivity contribution in [2.75, 3.05) is 0 Å². The Hall–Kier alpha value is -1.33. The van der Waals surface area contributed by atoms with Crippen LogP contribution in [0.25, 0.3) is 0 Å². The maximum atomic E-state index is 6.17. The molecular weight excluding hydrogens is 286 g/mol. The van der Waals surface area contributed by atoms with Gasteiger partial charge in [0.1, 0.15) is 5.82 Å². The fourth-order valence-electron chi connectivity index (χ4n) is 2.41. The van der Waals surface area contributed by atoms with E-state index in [0.29, 0.717) is 11.7 Å². The number of aryl methyl sites for hydroxylation is 3. The Labute approximate surface area is 131 Å². The van der Waals surface area contributed by atoms with Gasteiger partial charge in [-0.2, -0.15) is 5.10 Å². The zero-order valence-corrected chi connectivity index (χ0v) is 14.0. The lowest BCUT2D eigenvalue weighted by molar-refractivity contribution is 0.671. The molecule has 0 radical (unpaired) electrons. The van der Waals surface area contributed by atoms with Crippen LogP contribution < -0.4 is 5.32 Å². The Bertz CT molecular complexity index is 599. The number of unbranched alkanes of at least 4 members (excludes halogenated alkanes) is 1. The molecule has 0 aliphatic heterocycles. The number of hydrogen-bond donors (Lipinski definition) is 2. The van der Waals surface area contributed by atoms with Crippen LogP contribution in [0.5, 0.6) is 0 Å². The number of aromatic nitrogens is 4. The molecule has 2 aromatic heterocycles. The first-order valence-electron chi connectivity index (χ1n) is 7.46. The molecule has 2 rings (SSSR count). The number of halogens is 1. The van der Waals surface area contributed by atoms with Gasteiger partial charge in [-0.3, -0.25) is 4.68 Å². The average molecular weight is 310 g/mol. The van der Waals surface area contributed by atoms with Crippen LogP contribution >= 0.6 is 11.6 Å². The van der Waals surface area contributed by atoms with Gasteiger partial charge in [-0.15, -0.1) is 0 Å². The number of imidazole rings is 1. The molecule has 0 aliphatic rings. The summed E-state index contributed by atoms with van der Waals surface area (Å²) in [6.45, 7) is 7.77. The Kier molecular flexibility index (Phi) is 5.42. The second-order valence-corrected chi connectivity index (χ2v) is 5.79. The molecule has 0 bridgehead atoms. The van der Waals surface area contributed by atoms with Gasteiger partial charge < -0.3 is 10.3 Å². The normalized spacial score (nSPS) is 11.3. The van der Waals surface area contributed by atoms with E-state index in [0.717, 1.165) is 43.0 Å². The van der Waals surface area contributed by atoms with Crippen LogP contribution in [0, 0.1) is 13.8 Å². The van der Waals surface area contributed by atoms with Gasteiger partial charge in [0, 0.05) is 37.8 Å². The summed E-state index contributed by atoms with van der Waals surface area (Å²) >= 11 is 6.17. The predicted octanol–water partition coefficient (Wildman–Crippen LogP) is 3.05. The van der Waals surface area contributed by atoms with E-state index in [4.69, 9.17) is 11.6 Å². The highest BCUT2D eigenvalue weighted by Crippen LogP contribution is 2.15. The number of H-pyrrole nitrogens is 1. The lowest BCUT2D eigenvalue weighted by Crippen LogP contribution is -2.14. The van der Waals surface area contributed by atoms with E-state index in [1.54, 1.807) is 0 Å². The second-order valence-electron chi connectivity index (χ2n) is 5.43. The van der Waals surface area contributed by atoms with Crippen molar-refractivity contribution >= 4 is 11.6 Å². The molecule has 2 heterocycles. The Balaban J connectivity index is 1.92. The van der Waals surface area contributed by atoms with Crippen LogP contribution in [-0.4, -0.2) is 19.7 Å². The SMILES string of the molecule is CCCCc1nc(Cl)c(CNCc2c(C)nn(C)c2C)[nH]1. The monoisotopic (exact) mass is 309 g/mol. The molecule has 0 spiro atoms. The van der Waals surface area contributed by atoms with Gasteiger partial charge in [0.05, 0.1) is 11.4 Å². The van der Waals surface area contributed by atoms with Crippen molar-refractivity contribution in [3.05, 3.63) is 33.6 Å². The van der Waals surface area contributed by atoms with Crippen LogP contribution in [0.15, 0.2) is 0 Å². The molecule has 116 valence electrons.